The van der Waals surface area contributed by atoms with Crippen LogP contribution in [-0.4, -0.2) is 21.5 Å². The lowest BCUT2D eigenvalue weighted by molar-refractivity contribution is 0.0960. The Hall–Kier alpha value is -2.62. The van der Waals surface area contributed by atoms with Crippen LogP contribution in [0, 0.1) is 6.92 Å². The Morgan fingerprint density at radius 1 is 1.25 bits per heavy atom. The molecule has 0 saturated carbocycles. The molecular formula is C20H21N3O. The van der Waals surface area contributed by atoms with E-state index in [-0.39, 0.29) is 11.9 Å². The number of aryl methyl sites for hydroxylation is 2. The van der Waals surface area contributed by atoms with Crippen LogP contribution in [0.25, 0.3) is 10.9 Å². The highest BCUT2D eigenvalue weighted by molar-refractivity contribution is 6.11. The monoisotopic (exact) mass is 319 g/mol. The molecule has 4 heteroatoms. The maximum Gasteiger partial charge on any atom is 0.275 e. The van der Waals surface area contributed by atoms with Crippen LogP contribution in [-0.2, 0) is 13.0 Å². The van der Waals surface area contributed by atoms with Crippen molar-refractivity contribution in [1.29, 1.82) is 0 Å². The molecule has 2 aromatic heterocycles. The van der Waals surface area contributed by atoms with Gasteiger partial charge in [0.15, 0.2) is 0 Å². The summed E-state index contributed by atoms with van der Waals surface area (Å²) in [5.74, 6) is 0.0814. The number of para-hydroxylation sites is 1. The molecule has 0 radical (unpaired) electrons. The van der Waals surface area contributed by atoms with Crippen LogP contribution in [0.5, 0.6) is 0 Å². The van der Waals surface area contributed by atoms with Gasteiger partial charge in [0.05, 0.1) is 11.9 Å². The average molecular weight is 319 g/mol. The number of fused-ring (bicyclic) bond motifs is 3. The molecule has 0 fully saturated rings. The van der Waals surface area contributed by atoms with E-state index in [1.54, 1.807) is 12.4 Å². The summed E-state index contributed by atoms with van der Waals surface area (Å²) in [4.78, 5) is 19.5. The molecule has 24 heavy (non-hydrogen) atoms. The quantitative estimate of drug-likeness (QED) is 0.717. The van der Waals surface area contributed by atoms with Crippen LogP contribution in [0.15, 0.2) is 42.7 Å². The molecule has 3 heterocycles. The standard InChI is InChI=1S/C20H21N3O/c1-4-22-17-8-6-5-7-15(17)16-11-14(3)23(20(24)19(16)22)18-12-21-10-9-13(18)2/h5-10,12,14H,4,11H2,1-3H3. The predicted molar refractivity (Wildman–Crippen MR) is 96.6 cm³/mol. The summed E-state index contributed by atoms with van der Waals surface area (Å²) in [5.41, 5.74) is 5.15. The number of hydrogen-bond acceptors (Lipinski definition) is 2. The zero-order valence-corrected chi connectivity index (χ0v) is 14.3. The summed E-state index contributed by atoms with van der Waals surface area (Å²) in [5, 5.41) is 1.21. The Bertz CT molecular complexity index is 941. The number of aromatic nitrogens is 2. The first-order chi connectivity index (χ1) is 11.6. The summed E-state index contributed by atoms with van der Waals surface area (Å²) in [6, 6.07) is 10.4. The highest BCUT2D eigenvalue weighted by Crippen LogP contribution is 2.35. The number of hydrogen-bond donors (Lipinski definition) is 0. The van der Waals surface area contributed by atoms with E-state index in [1.807, 2.05) is 24.0 Å². The Labute approximate surface area is 141 Å². The van der Waals surface area contributed by atoms with Gasteiger partial charge in [0.2, 0.25) is 0 Å². The van der Waals surface area contributed by atoms with Crippen LogP contribution < -0.4 is 4.90 Å². The van der Waals surface area contributed by atoms with Gasteiger partial charge in [-0.15, -0.1) is 0 Å². The zero-order chi connectivity index (χ0) is 16.8. The third kappa shape index (κ3) is 1.99. The number of pyridine rings is 1. The Morgan fingerprint density at radius 3 is 2.79 bits per heavy atom. The number of carbonyl (C=O) groups is 1. The van der Waals surface area contributed by atoms with Gasteiger partial charge in [0, 0.05) is 29.7 Å². The van der Waals surface area contributed by atoms with Crippen LogP contribution in [0.2, 0.25) is 0 Å². The molecule has 4 rings (SSSR count). The molecule has 3 aromatic rings. The van der Waals surface area contributed by atoms with Crippen LogP contribution in [0.3, 0.4) is 0 Å². The molecule has 4 nitrogen and oxygen atoms in total. The number of carbonyl (C=O) groups excluding carboxylic acids is 1. The highest BCUT2D eigenvalue weighted by Gasteiger charge is 2.36. The van der Waals surface area contributed by atoms with Crippen molar-refractivity contribution in [2.75, 3.05) is 4.90 Å². The Kier molecular flexibility index (Phi) is 3.41. The molecule has 0 spiro atoms. The number of amides is 1. The Balaban J connectivity index is 1.95. The van der Waals surface area contributed by atoms with Crippen molar-refractivity contribution in [2.24, 2.45) is 0 Å². The summed E-state index contributed by atoms with van der Waals surface area (Å²) in [6.45, 7) is 7.03. The van der Waals surface area contributed by atoms with Crippen LogP contribution in [0.1, 0.15) is 35.5 Å². The van der Waals surface area contributed by atoms with Gasteiger partial charge >= 0.3 is 0 Å². The summed E-state index contributed by atoms with van der Waals surface area (Å²) >= 11 is 0. The fourth-order valence-corrected chi connectivity index (χ4v) is 3.91. The van der Waals surface area contributed by atoms with Crippen molar-refractivity contribution in [3.05, 3.63) is 59.5 Å². The molecule has 1 unspecified atom stereocenters. The lowest BCUT2D eigenvalue weighted by Gasteiger charge is -2.34. The third-order valence-electron chi connectivity index (χ3n) is 5.02. The van der Waals surface area contributed by atoms with Gasteiger partial charge in [-0.1, -0.05) is 18.2 Å². The molecule has 0 N–H and O–H groups in total. The SMILES string of the molecule is CCn1c2c(c3ccccc31)CC(C)N(c1cnccc1C)C2=O. The first kappa shape index (κ1) is 14.9. The molecule has 0 bridgehead atoms. The van der Waals surface area contributed by atoms with Gasteiger partial charge in [-0.2, -0.15) is 0 Å². The lowest BCUT2D eigenvalue weighted by atomic mass is 9.96. The van der Waals surface area contributed by atoms with Crippen molar-refractivity contribution < 1.29 is 4.79 Å². The van der Waals surface area contributed by atoms with Crippen LogP contribution in [0.4, 0.5) is 5.69 Å². The number of nitrogens with zero attached hydrogens (tertiary/aromatic N) is 3. The maximum atomic E-state index is 13.4. The van der Waals surface area contributed by atoms with Crippen molar-refractivity contribution in [3.8, 4) is 0 Å². The minimum atomic E-state index is 0.0814. The van der Waals surface area contributed by atoms with E-state index in [4.69, 9.17) is 0 Å². The van der Waals surface area contributed by atoms with Gasteiger partial charge < -0.3 is 9.47 Å². The number of rotatable bonds is 2. The van der Waals surface area contributed by atoms with Gasteiger partial charge in [0.1, 0.15) is 5.69 Å². The van der Waals surface area contributed by atoms with E-state index in [2.05, 4.69) is 41.6 Å². The predicted octanol–water partition coefficient (Wildman–Crippen LogP) is 3.96. The summed E-state index contributed by atoms with van der Waals surface area (Å²) < 4.78 is 2.15. The molecule has 0 aliphatic carbocycles. The van der Waals surface area contributed by atoms with E-state index >= 15 is 0 Å². The smallest absolute Gasteiger partial charge is 0.275 e. The minimum absolute atomic E-state index is 0.0814. The summed E-state index contributed by atoms with van der Waals surface area (Å²) in [7, 11) is 0. The van der Waals surface area contributed by atoms with Crippen molar-refractivity contribution in [2.45, 2.75) is 39.8 Å². The fourth-order valence-electron chi connectivity index (χ4n) is 3.91. The van der Waals surface area contributed by atoms with Gasteiger partial charge in [-0.3, -0.25) is 9.78 Å². The normalized spacial score (nSPS) is 17.4. The molecule has 122 valence electrons. The molecule has 1 aliphatic heterocycles. The third-order valence-corrected chi connectivity index (χ3v) is 5.02. The van der Waals surface area contributed by atoms with Gasteiger partial charge in [0.25, 0.3) is 5.91 Å². The van der Waals surface area contributed by atoms with E-state index < -0.39 is 0 Å². The van der Waals surface area contributed by atoms with E-state index in [0.29, 0.717) is 0 Å². The van der Waals surface area contributed by atoms with Crippen molar-refractivity contribution in [3.63, 3.8) is 0 Å². The average Bonchev–Trinajstić information content (AvgIpc) is 2.90. The molecular weight excluding hydrogens is 298 g/mol. The first-order valence-corrected chi connectivity index (χ1v) is 8.47. The second-order valence-corrected chi connectivity index (χ2v) is 6.48. The highest BCUT2D eigenvalue weighted by atomic mass is 16.2. The second kappa shape index (κ2) is 5.48. The molecule has 1 atom stereocenters. The van der Waals surface area contributed by atoms with E-state index in [9.17, 15) is 4.79 Å². The van der Waals surface area contributed by atoms with Crippen molar-refractivity contribution in [1.82, 2.24) is 9.55 Å². The molecule has 1 aromatic carbocycles. The number of anilines is 1. The minimum Gasteiger partial charge on any atom is -0.337 e. The summed E-state index contributed by atoms with van der Waals surface area (Å²) in [6.07, 6.45) is 4.43. The fraction of sp³-hybridized carbons (Fsp3) is 0.300. The topological polar surface area (TPSA) is 38.1 Å². The van der Waals surface area contributed by atoms with Crippen molar-refractivity contribution >= 4 is 22.5 Å². The number of benzene rings is 1. The second-order valence-electron chi connectivity index (χ2n) is 6.48. The molecule has 1 amide bonds. The molecule has 1 aliphatic rings. The lowest BCUT2D eigenvalue weighted by Crippen LogP contribution is -2.45. The van der Waals surface area contributed by atoms with E-state index in [1.165, 1.54) is 10.9 Å². The van der Waals surface area contributed by atoms with Gasteiger partial charge in [-0.25, -0.2) is 0 Å². The van der Waals surface area contributed by atoms with Crippen LogP contribution >= 0.6 is 0 Å². The first-order valence-electron chi connectivity index (χ1n) is 8.47. The van der Waals surface area contributed by atoms with E-state index in [0.717, 1.165) is 35.4 Å². The maximum absolute atomic E-state index is 13.4. The largest absolute Gasteiger partial charge is 0.337 e. The molecule has 0 saturated heterocycles. The Morgan fingerprint density at radius 2 is 2.04 bits per heavy atom. The zero-order valence-electron chi connectivity index (χ0n) is 14.3. The van der Waals surface area contributed by atoms with Gasteiger partial charge in [-0.05, 0) is 50.5 Å².